The normalized spacial score (nSPS) is 12.0. The van der Waals surface area contributed by atoms with Crippen molar-refractivity contribution in [3.8, 4) is 5.75 Å². The van der Waals surface area contributed by atoms with Gasteiger partial charge in [-0.15, -0.1) is 0 Å². The minimum Gasteiger partial charge on any atom is -0.494 e. The van der Waals surface area contributed by atoms with Gasteiger partial charge in [0.15, 0.2) is 6.10 Å². The molecule has 0 aliphatic rings. The van der Waals surface area contributed by atoms with E-state index in [9.17, 15) is 19.7 Å². The number of methoxy groups -OCH3 is 1. The van der Waals surface area contributed by atoms with Gasteiger partial charge in [-0.05, 0) is 36.1 Å². The van der Waals surface area contributed by atoms with Crippen molar-refractivity contribution in [1.29, 1.82) is 0 Å². The fraction of sp³-hybridized carbons (Fsp3) is 0.333. The third-order valence-electron chi connectivity index (χ3n) is 4.29. The summed E-state index contributed by atoms with van der Waals surface area (Å²) in [5.41, 5.74) is 1.44. The van der Waals surface area contributed by atoms with E-state index in [-0.39, 0.29) is 22.5 Å². The number of nitrogens with zero attached hydrogens (tertiary/aromatic N) is 1. The standard InChI is InChI=1S/C21H24N2O6/c1-13(29-20(25)14-6-8-15(9-7-14)21(2,3)4)19(24)22-17-11-10-16(23(26)27)12-18(17)28-5/h6-13H,1-5H3,(H,22,24)/t13-/m0/s1. The smallest absolute Gasteiger partial charge is 0.338 e. The first-order valence-corrected chi connectivity index (χ1v) is 8.97. The number of non-ortho nitro benzene ring substituents is 1. The van der Waals surface area contributed by atoms with Crippen LogP contribution in [0.2, 0.25) is 0 Å². The number of amides is 1. The summed E-state index contributed by atoms with van der Waals surface area (Å²) in [6.07, 6.45) is -1.08. The van der Waals surface area contributed by atoms with Crippen LogP contribution in [0.25, 0.3) is 0 Å². The zero-order valence-corrected chi connectivity index (χ0v) is 17.0. The van der Waals surface area contributed by atoms with Crippen molar-refractivity contribution in [2.45, 2.75) is 39.2 Å². The molecule has 1 atom stereocenters. The summed E-state index contributed by atoms with van der Waals surface area (Å²) in [6.45, 7) is 7.65. The molecule has 0 unspecified atom stereocenters. The average Bonchev–Trinajstić information content (AvgIpc) is 2.67. The Balaban J connectivity index is 2.05. The van der Waals surface area contributed by atoms with Crippen molar-refractivity contribution in [2.24, 2.45) is 0 Å². The van der Waals surface area contributed by atoms with E-state index in [1.807, 2.05) is 12.1 Å². The first-order chi connectivity index (χ1) is 13.5. The lowest BCUT2D eigenvalue weighted by Crippen LogP contribution is -2.30. The summed E-state index contributed by atoms with van der Waals surface area (Å²) in [5.74, 6) is -1.08. The molecular formula is C21H24N2O6. The van der Waals surface area contributed by atoms with Crippen molar-refractivity contribution >= 4 is 23.3 Å². The second-order valence-electron chi connectivity index (χ2n) is 7.51. The third-order valence-corrected chi connectivity index (χ3v) is 4.29. The van der Waals surface area contributed by atoms with Crippen LogP contribution >= 0.6 is 0 Å². The molecule has 0 radical (unpaired) electrons. The van der Waals surface area contributed by atoms with Gasteiger partial charge in [-0.1, -0.05) is 32.9 Å². The molecule has 8 heteroatoms. The molecule has 0 heterocycles. The topological polar surface area (TPSA) is 108 Å². The zero-order chi connectivity index (χ0) is 21.8. The molecule has 1 amide bonds. The van der Waals surface area contributed by atoms with Crippen LogP contribution in [0.3, 0.4) is 0 Å². The molecule has 0 aromatic heterocycles. The molecule has 0 bridgehead atoms. The highest BCUT2D eigenvalue weighted by Gasteiger charge is 2.22. The quantitative estimate of drug-likeness (QED) is 0.445. The number of rotatable bonds is 6. The Kier molecular flexibility index (Phi) is 6.58. The zero-order valence-electron chi connectivity index (χ0n) is 17.0. The van der Waals surface area contributed by atoms with Crippen LogP contribution in [0.5, 0.6) is 5.75 Å². The third kappa shape index (κ3) is 5.54. The van der Waals surface area contributed by atoms with Crippen LogP contribution in [-0.4, -0.2) is 30.0 Å². The van der Waals surface area contributed by atoms with Crippen molar-refractivity contribution in [1.82, 2.24) is 0 Å². The predicted molar refractivity (Wildman–Crippen MR) is 108 cm³/mol. The Hall–Kier alpha value is -3.42. The van der Waals surface area contributed by atoms with Crippen LogP contribution < -0.4 is 10.1 Å². The average molecular weight is 400 g/mol. The number of hydrogen-bond acceptors (Lipinski definition) is 6. The molecular weight excluding hydrogens is 376 g/mol. The van der Waals surface area contributed by atoms with Gasteiger partial charge in [0.05, 0.1) is 29.4 Å². The molecule has 0 aliphatic carbocycles. The number of anilines is 1. The van der Waals surface area contributed by atoms with Crippen LogP contribution in [0, 0.1) is 10.1 Å². The molecule has 2 rings (SSSR count). The predicted octanol–water partition coefficient (Wildman–Crippen LogP) is 4.08. The van der Waals surface area contributed by atoms with Crippen LogP contribution in [0.4, 0.5) is 11.4 Å². The lowest BCUT2D eigenvalue weighted by Gasteiger charge is -2.19. The number of hydrogen-bond donors (Lipinski definition) is 1. The van der Waals surface area contributed by atoms with E-state index in [0.717, 1.165) is 5.56 Å². The summed E-state index contributed by atoms with van der Waals surface area (Å²) in [5, 5.41) is 13.4. The van der Waals surface area contributed by atoms with E-state index in [2.05, 4.69) is 26.1 Å². The molecule has 0 aliphatic heterocycles. The van der Waals surface area contributed by atoms with E-state index in [1.54, 1.807) is 12.1 Å². The SMILES string of the molecule is COc1cc([N+](=O)[O-])ccc1NC(=O)[C@H](C)OC(=O)c1ccc(C(C)(C)C)cc1. The van der Waals surface area contributed by atoms with E-state index >= 15 is 0 Å². The van der Waals surface area contributed by atoms with Gasteiger partial charge in [0.2, 0.25) is 0 Å². The lowest BCUT2D eigenvalue weighted by molar-refractivity contribution is -0.384. The molecule has 154 valence electrons. The number of carbonyl (C=O) groups is 2. The highest BCUT2D eigenvalue weighted by Crippen LogP contribution is 2.29. The Morgan fingerprint density at radius 2 is 1.72 bits per heavy atom. The summed E-state index contributed by atoms with van der Waals surface area (Å²) >= 11 is 0. The van der Waals surface area contributed by atoms with Gasteiger partial charge >= 0.3 is 5.97 Å². The number of nitrogens with one attached hydrogen (secondary N) is 1. The number of nitro benzene ring substituents is 1. The van der Waals surface area contributed by atoms with E-state index in [4.69, 9.17) is 9.47 Å². The summed E-state index contributed by atoms with van der Waals surface area (Å²) < 4.78 is 10.3. The summed E-state index contributed by atoms with van der Waals surface area (Å²) in [4.78, 5) is 35.0. The van der Waals surface area contributed by atoms with Crippen molar-refractivity contribution in [3.63, 3.8) is 0 Å². The Morgan fingerprint density at radius 1 is 1.10 bits per heavy atom. The van der Waals surface area contributed by atoms with Gasteiger partial charge in [-0.2, -0.15) is 0 Å². The van der Waals surface area contributed by atoms with Crippen LogP contribution in [0.15, 0.2) is 42.5 Å². The van der Waals surface area contributed by atoms with E-state index < -0.39 is 22.9 Å². The molecule has 2 aromatic carbocycles. The van der Waals surface area contributed by atoms with Crippen molar-refractivity contribution < 1.29 is 24.0 Å². The molecule has 2 aromatic rings. The van der Waals surface area contributed by atoms with Gasteiger partial charge < -0.3 is 14.8 Å². The maximum atomic E-state index is 12.4. The van der Waals surface area contributed by atoms with Crippen molar-refractivity contribution in [3.05, 3.63) is 63.7 Å². The first kappa shape index (κ1) is 21.9. The first-order valence-electron chi connectivity index (χ1n) is 8.97. The summed E-state index contributed by atoms with van der Waals surface area (Å²) in [6, 6.07) is 10.8. The molecule has 0 fully saturated rings. The summed E-state index contributed by atoms with van der Waals surface area (Å²) in [7, 11) is 1.33. The van der Waals surface area contributed by atoms with Gasteiger partial charge in [-0.3, -0.25) is 14.9 Å². The molecule has 8 nitrogen and oxygen atoms in total. The molecule has 29 heavy (non-hydrogen) atoms. The van der Waals surface area contributed by atoms with Gasteiger partial charge in [0.1, 0.15) is 5.75 Å². The highest BCUT2D eigenvalue weighted by atomic mass is 16.6. The second-order valence-corrected chi connectivity index (χ2v) is 7.51. The fourth-order valence-electron chi connectivity index (χ4n) is 2.52. The van der Waals surface area contributed by atoms with Crippen LogP contribution in [-0.2, 0) is 14.9 Å². The minimum absolute atomic E-state index is 0.0422. The Bertz CT molecular complexity index is 916. The highest BCUT2D eigenvalue weighted by molar-refractivity contribution is 5.98. The maximum Gasteiger partial charge on any atom is 0.338 e. The lowest BCUT2D eigenvalue weighted by atomic mass is 9.87. The molecule has 1 N–H and O–H groups in total. The second kappa shape index (κ2) is 8.72. The molecule has 0 spiro atoms. The fourth-order valence-corrected chi connectivity index (χ4v) is 2.52. The molecule has 0 saturated heterocycles. The monoisotopic (exact) mass is 400 g/mol. The van der Waals surface area contributed by atoms with E-state index in [1.165, 1.54) is 32.2 Å². The number of ether oxygens (including phenoxy) is 2. The number of esters is 1. The largest absolute Gasteiger partial charge is 0.494 e. The Labute approximate surface area is 169 Å². The minimum atomic E-state index is -1.08. The van der Waals surface area contributed by atoms with Gasteiger partial charge in [0.25, 0.3) is 11.6 Å². The van der Waals surface area contributed by atoms with Crippen molar-refractivity contribution in [2.75, 3.05) is 12.4 Å². The Morgan fingerprint density at radius 3 is 2.24 bits per heavy atom. The van der Waals surface area contributed by atoms with E-state index in [0.29, 0.717) is 5.56 Å². The van der Waals surface area contributed by atoms with Gasteiger partial charge in [-0.25, -0.2) is 4.79 Å². The maximum absolute atomic E-state index is 12.4. The number of nitro groups is 1. The number of benzene rings is 2. The number of carbonyl (C=O) groups excluding carboxylic acids is 2. The van der Waals surface area contributed by atoms with Crippen LogP contribution in [0.1, 0.15) is 43.6 Å². The van der Waals surface area contributed by atoms with Gasteiger partial charge in [0, 0.05) is 6.07 Å². The molecule has 0 saturated carbocycles.